The number of hydrogen-bond donors (Lipinski definition) is 0. The molecule has 1 aliphatic rings. The van der Waals surface area contributed by atoms with Crippen LogP contribution >= 0.6 is 23.1 Å². The first kappa shape index (κ1) is 30.6. The Morgan fingerprint density at radius 3 is 2.44 bits per heavy atom. The Bertz CT molecular complexity index is 1560. The molecule has 0 N–H and O–H groups in total. The van der Waals surface area contributed by atoms with Gasteiger partial charge in [0, 0.05) is 60.7 Å². The number of halogens is 3. The summed E-state index contributed by atoms with van der Waals surface area (Å²) < 4.78 is 44.6. The molecule has 0 radical (unpaired) electrons. The van der Waals surface area contributed by atoms with E-state index >= 15 is 0 Å². The van der Waals surface area contributed by atoms with Crippen LogP contribution in [0.2, 0.25) is 0 Å². The van der Waals surface area contributed by atoms with E-state index in [-0.39, 0.29) is 5.91 Å². The summed E-state index contributed by atoms with van der Waals surface area (Å²) in [6.07, 6.45) is -2.93. The third kappa shape index (κ3) is 7.78. The van der Waals surface area contributed by atoms with Gasteiger partial charge >= 0.3 is 12.1 Å². The molecule has 4 aromatic rings. The smallest absolute Gasteiger partial charge is 0.416 e. The molecule has 226 valence electrons. The Labute approximate surface area is 254 Å². The maximum absolute atomic E-state index is 13.1. The number of aromatic nitrogens is 1. The standard InChI is InChI=1S/C30H28F3N3O5S2/c1-19-16-23(9-10-25(19)41-40-20(2)37)42-18-27-24(34-28(43-27)21-5-7-22(8-6-21)30(31,32)33)17-35-11-13-36(14-12-35)29(38)26-4-3-15-39-26/h3-10,15-16H,11-14,17-18H2,1-2H3. The Kier molecular flexibility index (Phi) is 9.43. The maximum atomic E-state index is 13.1. The summed E-state index contributed by atoms with van der Waals surface area (Å²) in [6, 6.07) is 13.9. The molecule has 8 nitrogen and oxygen atoms in total. The summed E-state index contributed by atoms with van der Waals surface area (Å²) >= 11 is 3.05. The van der Waals surface area contributed by atoms with Gasteiger partial charge in [-0.15, -0.1) is 23.1 Å². The highest BCUT2D eigenvalue weighted by Crippen LogP contribution is 2.36. The van der Waals surface area contributed by atoms with E-state index in [9.17, 15) is 22.8 Å². The van der Waals surface area contributed by atoms with Crippen LogP contribution in [-0.4, -0.2) is 52.8 Å². The lowest BCUT2D eigenvalue weighted by Gasteiger charge is -2.34. The van der Waals surface area contributed by atoms with Crippen LogP contribution in [0.5, 0.6) is 5.75 Å². The number of rotatable bonds is 9. The van der Waals surface area contributed by atoms with Crippen LogP contribution in [-0.2, 0) is 28.2 Å². The van der Waals surface area contributed by atoms with Gasteiger partial charge in [0.2, 0.25) is 0 Å². The number of nitrogens with zero attached hydrogens (tertiary/aromatic N) is 3. The molecular weight excluding hydrogens is 603 g/mol. The fraction of sp³-hybridized carbons (Fsp3) is 0.300. The van der Waals surface area contributed by atoms with Crippen molar-refractivity contribution in [2.24, 2.45) is 0 Å². The van der Waals surface area contributed by atoms with Crippen LogP contribution in [0, 0.1) is 6.92 Å². The van der Waals surface area contributed by atoms with Crippen LogP contribution in [0.4, 0.5) is 13.2 Å². The molecule has 43 heavy (non-hydrogen) atoms. The fourth-order valence-electron chi connectivity index (χ4n) is 4.48. The Morgan fingerprint density at radius 1 is 1.07 bits per heavy atom. The summed E-state index contributed by atoms with van der Waals surface area (Å²) in [4.78, 5) is 44.2. The lowest BCUT2D eigenvalue weighted by molar-refractivity contribution is -0.211. The van der Waals surface area contributed by atoms with E-state index in [1.165, 1.54) is 36.7 Å². The second-order valence-electron chi connectivity index (χ2n) is 9.88. The van der Waals surface area contributed by atoms with Crippen molar-refractivity contribution in [1.29, 1.82) is 0 Å². The number of piperazine rings is 1. The van der Waals surface area contributed by atoms with E-state index in [1.54, 1.807) is 34.9 Å². The van der Waals surface area contributed by atoms with Crippen molar-refractivity contribution in [2.45, 2.75) is 37.2 Å². The minimum absolute atomic E-state index is 0.139. The molecule has 0 aliphatic carbocycles. The van der Waals surface area contributed by atoms with Crippen molar-refractivity contribution < 1.29 is 37.0 Å². The Balaban J connectivity index is 1.31. The number of aryl methyl sites for hydroxylation is 1. The Hall–Kier alpha value is -3.81. The van der Waals surface area contributed by atoms with E-state index in [1.807, 2.05) is 19.1 Å². The summed E-state index contributed by atoms with van der Waals surface area (Å²) in [5.41, 5.74) is 1.56. The predicted octanol–water partition coefficient (Wildman–Crippen LogP) is 6.84. The van der Waals surface area contributed by atoms with Crippen LogP contribution < -0.4 is 4.89 Å². The van der Waals surface area contributed by atoms with Gasteiger partial charge in [-0.05, 0) is 55.0 Å². The number of carbonyl (C=O) groups is 2. The van der Waals surface area contributed by atoms with E-state index in [4.69, 9.17) is 14.3 Å². The monoisotopic (exact) mass is 631 g/mol. The molecule has 1 fully saturated rings. The topological polar surface area (TPSA) is 85.1 Å². The first-order valence-electron chi connectivity index (χ1n) is 13.4. The number of thiazole rings is 1. The largest absolute Gasteiger partial charge is 0.459 e. The molecule has 2 aromatic carbocycles. The third-order valence-electron chi connectivity index (χ3n) is 6.77. The number of hydrogen-bond acceptors (Lipinski definition) is 9. The predicted molar refractivity (Wildman–Crippen MR) is 156 cm³/mol. The lowest BCUT2D eigenvalue weighted by Crippen LogP contribution is -2.48. The normalized spacial score (nSPS) is 14.1. The zero-order valence-corrected chi connectivity index (χ0v) is 25.0. The van der Waals surface area contributed by atoms with Gasteiger partial charge in [0.1, 0.15) is 5.01 Å². The van der Waals surface area contributed by atoms with Crippen molar-refractivity contribution in [2.75, 3.05) is 26.2 Å². The zero-order valence-electron chi connectivity index (χ0n) is 23.3. The van der Waals surface area contributed by atoms with E-state index in [0.29, 0.717) is 60.6 Å². The highest BCUT2D eigenvalue weighted by atomic mass is 32.2. The minimum atomic E-state index is -4.41. The molecule has 1 aliphatic heterocycles. The average molecular weight is 632 g/mol. The molecule has 3 heterocycles. The number of benzene rings is 2. The van der Waals surface area contributed by atoms with Crippen molar-refractivity contribution >= 4 is 35.0 Å². The minimum Gasteiger partial charge on any atom is -0.459 e. The van der Waals surface area contributed by atoms with Gasteiger partial charge in [-0.2, -0.15) is 13.2 Å². The highest BCUT2D eigenvalue weighted by Gasteiger charge is 2.30. The highest BCUT2D eigenvalue weighted by molar-refractivity contribution is 7.98. The number of carbonyl (C=O) groups excluding carboxylic acids is 2. The SMILES string of the molecule is CC(=O)OOc1ccc(SCc2sc(-c3ccc(C(F)(F)F)cc3)nc2CN2CCN(C(=O)c3ccco3)CC2)cc1C. The van der Waals surface area contributed by atoms with Crippen LogP contribution in [0.1, 0.15) is 39.2 Å². The summed E-state index contributed by atoms with van der Waals surface area (Å²) in [5.74, 6) is 0.653. The summed E-state index contributed by atoms with van der Waals surface area (Å²) in [5, 5.41) is 0.646. The maximum Gasteiger partial charge on any atom is 0.416 e. The molecule has 5 rings (SSSR count). The third-order valence-corrected chi connectivity index (χ3v) is 9.12. The van der Waals surface area contributed by atoms with Crippen molar-refractivity contribution in [1.82, 2.24) is 14.8 Å². The first-order valence-corrected chi connectivity index (χ1v) is 15.2. The number of alkyl halides is 3. The van der Waals surface area contributed by atoms with Gasteiger partial charge in [-0.25, -0.2) is 9.78 Å². The molecule has 0 atom stereocenters. The number of furan rings is 1. The second-order valence-corrected chi connectivity index (χ2v) is 12.0. The summed E-state index contributed by atoms with van der Waals surface area (Å²) in [7, 11) is 0. The first-order chi connectivity index (χ1) is 20.6. The molecule has 0 unspecified atom stereocenters. The lowest BCUT2D eigenvalue weighted by atomic mass is 10.1. The van der Waals surface area contributed by atoms with Gasteiger partial charge in [0.15, 0.2) is 11.5 Å². The molecule has 0 saturated carbocycles. The molecule has 2 aromatic heterocycles. The quantitative estimate of drug-likeness (QED) is 0.113. The van der Waals surface area contributed by atoms with E-state index < -0.39 is 17.7 Å². The van der Waals surface area contributed by atoms with Crippen LogP contribution in [0.25, 0.3) is 10.6 Å². The van der Waals surface area contributed by atoms with Crippen molar-refractivity contribution in [3.05, 3.63) is 88.3 Å². The van der Waals surface area contributed by atoms with Crippen LogP contribution in [0.15, 0.2) is 70.2 Å². The van der Waals surface area contributed by atoms with Gasteiger partial charge in [0.25, 0.3) is 5.91 Å². The summed E-state index contributed by atoms with van der Waals surface area (Å²) in [6.45, 7) is 6.03. The molecular formula is C30H28F3N3O5S2. The zero-order chi connectivity index (χ0) is 30.6. The Morgan fingerprint density at radius 2 is 1.81 bits per heavy atom. The van der Waals surface area contributed by atoms with Gasteiger partial charge in [-0.1, -0.05) is 12.1 Å². The van der Waals surface area contributed by atoms with E-state index in [0.717, 1.165) is 33.2 Å². The number of thioether (sulfide) groups is 1. The number of amides is 1. The molecule has 0 spiro atoms. The van der Waals surface area contributed by atoms with Gasteiger partial charge in [-0.3, -0.25) is 19.5 Å². The average Bonchev–Trinajstić information content (AvgIpc) is 3.66. The van der Waals surface area contributed by atoms with Gasteiger partial charge in [0.05, 0.1) is 17.5 Å². The van der Waals surface area contributed by atoms with Crippen molar-refractivity contribution in [3.8, 4) is 16.3 Å². The van der Waals surface area contributed by atoms with E-state index in [2.05, 4.69) is 9.79 Å². The fourth-order valence-corrected chi connectivity index (χ4v) is 6.65. The molecule has 13 heteroatoms. The molecule has 1 saturated heterocycles. The second kappa shape index (κ2) is 13.2. The van der Waals surface area contributed by atoms with Gasteiger partial charge < -0.3 is 9.32 Å². The molecule has 1 amide bonds. The van der Waals surface area contributed by atoms with Crippen molar-refractivity contribution in [3.63, 3.8) is 0 Å². The van der Waals surface area contributed by atoms with Crippen LogP contribution in [0.3, 0.4) is 0 Å². The molecule has 0 bridgehead atoms.